The average molecular weight is 219 g/mol. The molecule has 0 aliphatic heterocycles. The second kappa shape index (κ2) is 6.90. The molecule has 0 N–H and O–H groups in total. The molecule has 0 saturated carbocycles. The van der Waals surface area contributed by atoms with Gasteiger partial charge in [0.05, 0.1) is 0 Å². The average Bonchev–Trinajstić information content (AvgIpc) is 1.97. The Labute approximate surface area is 79.2 Å². The highest BCUT2D eigenvalue weighted by molar-refractivity contribution is 9.11. The fourth-order valence-corrected chi connectivity index (χ4v) is 1.78. The highest BCUT2D eigenvalue weighted by Crippen LogP contribution is 2.24. The van der Waals surface area contributed by atoms with Gasteiger partial charge in [0.1, 0.15) is 0 Å². The Kier molecular flexibility index (Phi) is 7.04. The minimum atomic E-state index is 0.696. The van der Waals surface area contributed by atoms with Crippen molar-refractivity contribution in [2.75, 3.05) is 0 Å². The molecule has 0 heterocycles. The third-order valence-corrected chi connectivity index (χ3v) is 2.74. The molecule has 1 unspecified atom stereocenters. The molecule has 0 fully saturated rings. The summed E-state index contributed by atoms with van der Waals surface area (Å²) in [6.45, 7) is 8.39. The molecule has 0 bridgehead atoms. The number of hydrogen-bond donors (Lipinski definition) is 0. The largest absolute Gasteiger partial charge is 0.0886 e. The van der Waals surface area contributed by atoms with E-state index in [1.54, 1.807) is 0 Å². The summed E-state index contributed by atoms with van der Waals surface area (Å²) >= 11 is 3.46. The Morgan fingerprint density at radius 3 is 2.36 bits per heavy atom. The van der Waals surface area contributed by atoms with Crippen molar-refractivity contribution in [3.8, 4) is 0 Å². The minimum absolute atomic E-state index is 0.696. The van der Waals surface area contributed by atoms with Gasteiger partial charge in [0.25, 0.3) is 0 Å². The number of halogens is 1. The van der Waals surface area contributed by atoms with Gasteiger partial charge in [0.15, 0.2) is 0 Å². The van der Waals surface area contributed by atoms with Gasteiger partial charge in [0, 0.05) is 0 Å². The van der Waals surface area contributed by atoms with Crippen molar-refractivity contribution in [2.45, 2.75) is 46.0 Å². The first-order valence-corrected chi connectivity index (χ1v) is 5.35. The lowest BCUT2D eigenvalue weighted by molar-refractivity contribution is 0.523. The van der Waals surface area contributed by atoms with E-state index < -0.39 is 0 Å². The summed E-state index contributed by atoms with van der Waals surface area (Å²) in [6, 6.07) is 0. The maximum absolute atomic E-state index is 3.92. The molecule has 0 spiro atoms. The Bertz CT molecular complexity index is 107. The van der Waals surface area contributed by atoms with Crippen molar-refractivity contribution in [3.05, 3.63) is 11.1 Å². The van der Waals surface area contributed by atoms with Crippen molar-refractivity contribution in [1.29, 1.82) is 0 Å². The van der Waals surface area contributed by atoms with Gasteiger partial charge in [-0.2, -0.15) is 0 Å². The van der Waals surface area contributed by atoms with Crippen LogP contribution in [0.2, 0.25) is 0 Å². The molecular formula is C10H19Br. The summed E-state index contributed by atoms with van der Waals surface area (Å²) < 4.78 is 1.18. The molecule has 0 saturated heterocycles. The minimum Gasteiger partial charge on any atom is -0.0886 e. The van der Waals surface area contributed by atoms with Crippen LogP contribution in [0.15, 0.2) is 11.1 Å². The zero-order valence-corrected chi connectivity index (χ0v) is 9.28. The first kappa shape index (κ1) is 11.2. The SMILES string of the molecule is C=C(Br)C(CC)CCCCC. The highest BCUT2D eigenvalue weighted by Gasteiger charge is 2.06. The molecule has 1 heteroatoms. The number of unbranched alkanes of at least 4 members (excludes halogenated alkanes) is 2. The van der Waals surface area contributed by atoms with Crippen molar-refractivity contribution in [2.24, 2.45) is 5.92 Å². The highest BCUT2D eigenvalue weighted by atomic mass is 79.9. The first-order valence-electron chi connectivity index (χ1n) is 4.56. The molecule has 0 radical (unpaired) electrons. The van der Waals surface area contributed by atoms with Crippen molar-refractivity contribution >= 4 is 15.9 Å². The van der Waals surface area contributed by atoms with E-state index in [2.05, 4.69) is 36.4 Å². The summed E-state index contributed by atoms with van der Waals surface area (Å²) in [5.74, 6) is 0.696. The van der Waals surface area contributed by atoms with E-state index in [9.17, 15) is 0 Å². The van der Waals surface area contributed by atoms with E-state index in [0.29, 0.717) is 5.92 Å². The van der Waals surface area contributed by atoms with Gasteiger partial charge in [-0.3, -0.25) is 0 Å². The lowest BCUT2D eigenvalue weighted by atomic mass is 9.99. The molecule has 11 heavy (non-hydrogen) atoms. The van der Waals surface area contributed by atoms with E-state index in [1.165, 1.54) is 36.6 Å². The van der Waals surface area contributed by atoms with Gasteiger partial charge in [-0.15, -0.1) is 0 Å². The maximum atomic E-state index is 3.92. The molecule has 0 nitrogen and oxygen atoms in total. The maximum Gasteiger partial charge on any atom is -0.00903 e. The summed E-state index contributed by atoms with van der Waals surface area (Å²) in [6.07, 6.45) is 6.53. The molecule has 0 amide bonds. The fraction of sp³-hybridized carbons (Fsp3) is 0.800. The summed E-state index contributed by atoms with van der Waals surface area (Å²) in [5, 5.41) is 0. The van der Waals surface area contributed by atoms with E-state index in [1.807, 2.05) is 0 Å². The molecule has 1 atom stereocenters. The molecule has 0 rings (SSSR count). The fourth-order valence-electron chi connectivity index (χ4n) is 1.22. The van der Waals surface area contributed by atoms with Crippen LogP contribution in [0.1, 0.15) is 46.0 Å². The van der Waals surface area contributed by atoms with Gasteiger partial charge in [-0.05, 0) is 23.2 Å². The molecular weight excluding hydrogens is 200 g/mol. The Hall–Kier alpha value is 0.220. The first-order chi connectivity index (χ1) is 5.22. The second-order valence-electron chi connectivity index (χ2n) is 3.05. The van der Waals surface area contributed by atoms with Crippen LogP contribution in [0.4, 0.5) is 0 Å². The molecule has 0 aromatic rings. The Morgan fingerprint density at radius 2 is 2.00 bits per heavy atom. The smallest absolute Gasteiger partial charge is 0.00903 e. The van der Waals surface area contributed by atoms with Gasteiger partial charge >= 0.3 is 0 Å². The van der Waals surface area contributed by atoms with E-state index in [4.69, 9.17) is 0 Å². The van der Waals surface area contributed by atoms with Crippen LogP contribution in [0.3, 0.4) is 0 Å². The van der Waals surface area contributed by atoms with E-state index in [0.717, 1.165) is 0 Å². The van der Waals surface area contributed by atoms with Crippen LogP contribution in [0.5, 0.6) is 0 Å². The van der Waals surface area contributed by atoms with Crippen LogP contribution in [0.25, 0.3) is 0 Å². The standard InChI is InChI=1S/C10H19Br/c1-4-6-7-8-10(5-2)9(3)11/h10H,3-8H2,1-2H3. The lowest BCUT2D eigenvalue weighted by Crippen LogP contribution is -1.97. The summed E-state index contributed by atoms with van der Waals surface area (Å²) in [4.78, 5) is 0. The molecule has 0 aliphatic carbocycles. The molecule has 66 valence electrons. The zero-order valence-electron chi connectivity index (χ0n) is 7.70. The summed E-state index contributed by atoms with van der Waals surface area (Å²) in [7, 11) is 0. The van der Waals surface area contributed by atoms with E-state index in [-0.39, 0.29) is 0 Å². The number of rotatable bonds is 6. The Morgan fingerprint density at radius 1 is 1.36 bits per heavy atom. The Balaban J connectivity index is 3.44. The molecule has 0 aromatic heterocycles. The van der Waals surface area contributed by atoms with Gasteiger partial charge in [-0.1, -0.05) is 55.6 Å². The third-order valence-electron chi connectivity index (χ3n) is 2.09. The number of hydrogen-bond acceptors (Lipinski definition) is 0. The number of allylic oxidation sites excluding steroid dienone is 1. The van der Waals surface area contributed by atoms with Crippen LogP contribution >= 0.6 is 15.9 Å². The topological polar surface area (TPSA) is 0 Å². The molecule has 0 aromatic carbocycles. The molecule has 0 aliphatic rings. The van der Waals surface area contributed by atoms with Gasteiger partial charge in [-0.25, -0.2) is 0 Å². The van der Waals surface area contributed by atoms with Crippen LogP contribution in [0, 0.1) is 5.92 Å². The third kappa shape index (κ3) is 5.49. The van der Waals surface area contributed by atoms with E-state index >= 15 is 0 Å². The van der Waals surface area contributed by atoms with Crippen molar-refractivity contribution in [3.63, 3.8) is 0 Å². The predicted molar refractivity (Wildman–Crippen MR) is 56.0 cm³/mol. The van der Waals surface area contributed by atoms with Crippen molar-refractivity contribution < 1.29 is 0 Å². The van der Waals surface area contributed by atoms with Crippen LogP contribution < -0.4 is 0 Å². The monoisotopic (exact) mass is 218 g/mol. The normalized spacial score (nSPS) is 13.0. The zero-order chi connectivity index (χ0) is 8.69. The van der Waals surface area contributed by atoms with Gasteiger partial charge < -0.3 is 0 Å². The predicted octanol–water partition coefficient (Wildman–Crippen LogP) is 4.50. The van der Waals surface area contributed by atoms with Crippen LogP contribution in [-0.4, -0.2) is 0 Å². The quantitative estimate of drug-likeness (QED) is 0.577. The lowest BCUT2D eigenvalue weighted by Gasteiger charge is -2.12. The second-order valence-corrected chi connectivity index (χ2v) is 4.07. The van der Waals surface area contributed by atoms with Gasteiger partial charge in [0.2, 0.25) is 0 Å². The summed E-state index contributed by atoms with van der Waals surface area (Å²) in [5.41, 5.74) is 0. The van der Waals surface area contributed by atoms with Crippen LogP contribution in [-0.2, 0) is 0 Å². The van der Waals surface area contributed by atoms with Crippen molar-refractivity contribution in [1.82, 2.24) is 0 Å².